The van der Waals surface area contributed by atoms with Gasteiger partial charge < -0.3 is 4.74 Å². The summed E-state index contributed by atoms with van der Waals surface area (Å²) in [6.45, 7) is 10.3. The van der Waals surface area contributed by atoms with Crippen molar-refractivity contribution in [3.05, 3.63) is 0 Å². The van der Waals surface area contributed by atoms with Crippen molar-refractivity contribution in [3.63, 3.8) is 0 Å². The van der Waals surface area contributed by atoms with Crippen molar-refractivity contribution in [2.24, 2.45) is 5.92 Å². The van der Waals surface area contributed by atoms with E-state index < -0.39 is 5.54 Å². The predicted molar refractivity (Wildman–Crippen MR) is 62.8 cm³/mol. The third-order valence-electron chi connectivity index (χ3n) is 2.46. The Morgan fingerprint density at radius 1 is 1.33 bits per heavy atom. The van der Waals surface area contributed by atoms with E-state index in [1.165, 1.54) is 7.11 Å². The van der Waals surface area contributed by atoms with Crippen molar-refractivity contribution in [1.29, 1.82) is 0 Å². The molecular weight excluding hydrogens is 190 g/mol. The molecule has 90 valence electrons. The van der Waals surface area contributed by atoms with E-state index in [-0.39, 0.29) is 12.0 Å². The summed E-state index contributed by atoms with van der Waals surface area (Å²) in [6, 6.07) is 0.279. The number of rotatable bonds is 6. The fourth-order valence-electron chi connectivity index (χ4n) is 1.67. The number of ether oxygens (including phenoxy) is 1. The fourth-order valence-corrected chi connectivity index (χ4v) is 1.67. The molecule has 3 nitrogen and oxygen atoms in total. The van der Waals surface area contributed by atoms with Crippen molar-refractivity contribution >= 4 is 5.97 Å². The molecule has 0 saturated heterocycles. The molecule has 0 saturated carbocycles. The van der Waals surface area contributed by atoms with Crippen LogP contribution in [0.15, 0.2) is 0 Å². The van der Waals surface area contributed by atoms with Gasteiger partial charge in [-0.3, -0.25) is 10.1 Å². The van der Waals surface area contributed by atoms with E-state index >= 15 is 0 Å². The van der Waals surface area contributed by atoms with Gasteiger partial charge in [0.25, 0.3) is 0 Å². The number of hydrogen-bond acceptors (Lipinski definition) is 3. The minimum atomic E-state index is -0.548. The van der Waals surface area contributed by atoms with Crippen LogP contribution in [0.4, 0.5) is 0 Å². The molecule has 0 aliphatic heterocycles. The number of carbonyl (C=O) groups is 1. The average molecular weight is 215 g/mol. The molecule has 0 heterocycles. The lowest BCUT2D eigenvalue weighted by Crippen LogP contribution is -2.53. The van der Waals surface area contributed by atoms with Gasteiger partial charge >= 0.3 is 5.97 Å². The zero-order chi connectivity index (χ0) is 12.1. The van der Waals surface area contributed by atoms with E-state index in [2.05, 4.69) is 19.2 Å². The molecule has 1 atom stereocenters. The number of methoxy groups -OCH3 is 1. The molecule has 0 rings (SSSR count). The topological polar surface area (TPSA) is 38.3 Å². The molecular formula is C12H25NO2. The summed E-state index contributed by atoms with van der Waals surface area (Å²) in [5.74, 6) is 0.430. The molecule has 0 aromatic carbocycles. The Balaban J connectivity index is 4.47. The van der Waals surface area contributed by atoms with Gasteiger partial charge in [0, 0.05) is 6.04 Å². The minimum Gasteiger partial charge on any atom is -0.468 e. The molecule has 0 aliphatic carbocycles. The first kappa shape index (κ1) is 14.4. The molecule has 0 aromatic heterocycles. The van der Waals surface area contributed by atoms with Crippen LogP contribution in [0.5, 0.6) is 0 Å². The quantitative estimate of drug-likeness (QED) is 0.691. The van der Waals surface area contributed by atoms with Crippen LogP contribution in [0.1, 0.15) is 47.5 Å². The molecule has 0 amide bonds. The molecule has 0 aromatic rings. The highest BCUT2D eigenvalue weighted by atomic mass is 16.5. The maximum atomic E-state index is 11.7. The monoisotopic (exact) mass is 215 g/mol. The largest absolute Gasteiger partial charge is 0.468 e. The van der Waals surface area contributed by atoms with Crippen molar-refractivity contribution in [2.45, 2.75) is 59.0 Å². The van der Waals surface area contributed by atoms with Gasteiger partial charge in [-0.1, -0.05) is 13.8 Å². The second kappa shape index (κ2) is 6.11. The van der Waals surface area contributed by atoms with Gasteiger partial charge in [-0.15, -0.1) is 0 Å². The number of nitrogens with one attached hydrogen (secondary N) is 1. The molecule has 0 bridgehead atoms. The van der Waals surface area contributed by atoms with Crippen LogP contribution in [-0.2, 0) is 9.53 Å². The number of hydrogen-bond donors (Lipinski definition) is 1. The highest BCUT2D eigenvalue weighted by molar-refractivity contribution is 5.80. The molecule has 0 aliphatic rings. The van der Waals surface area contributed by atoms with Crippen molar-refractivity contribution < 1.29 is 9.53 Å². The summed E-state index contributed by atoms with van der Waals surface area (Å²) in [5, 5.41) is 3.29. The molecule has 15 heavy (non-hydrogen) atoms. The molecule has 0 radical (unpaired) electrons. The zero-order valence-corrected chi connectivity index (χ0v) is 10.9. The van der Waals surface area contributed by atoms with Gasteiger partial charge in [-0.25, -0.2) is 0 Å². The summed E-state index contributed by atoms with van der Waals surface area (Å²) < 4.78 is 4.85. The van der Waals surface area contributed by atoms with Crippen LogP contribution in [0.3, 0.4) is 0 Å². The first-order valence-corrected chi connectivity index (χ1v) is 5.68. The summed E-state index contributed by atoms with van der Waals surface area (Å²) in [5.41, 5.74) is -0.548. The van der Waals surface area contributed by atoms with Crippen molar-refractivity contribution in [2.75, 3.05) is 7.11 Å². The maximum Gasteiger partial charge on any atom is 0.325 e. The second-order valence-electron chi connectivity index (χ2n) is 5.06. The third kappa shape index (κ3) is 5.17. The summed E-state index contributed by atoms with van der Waals surface area (Å²) >= 11 is 0. The van der Waals surface area contributed by atoms with Crippen LogP contribution in [0, 0.1) is 5.92 Å². The van der Waals surface area contributed by atoms with E-state index in [0.717, 1.165) is 12.8 Å². The Morgan fingerprint density at radius 3 is 2.20 bits per heavy atom. The van der Waals surface area contributed by atoms with Crippen LogP contribution < -0.4 is 5.32 Å². The summed E-state index contributed by atoms with van der Waals surface area (Å²) in [6.07, 6.45) is 1.83. The molecule has 1 N–H and O–H groups in total. The Labute approximate surface area is 93.6 Å². The molecule has 1 unspecified atom stereocenters. The standard InChI is InChI=1S/C12H25NO2/c1-9(2)7-8-12(5,11(14)15-6)13-10(3)4/h9-10,13H,7-8H2,1-6H3. The number of carbonyl (C=O) groups excluding carboxylic acids is 1. The van der Waals surface area contributed by atoms with Gasteiger partial charge in [0.2, 0.25) is 0 Å². The molecule has 0 spiro atoms. The third-order valence-corrected chi connectivity index (χ3v) is 2.46. The molecule has 3 heteroatoms. The first-order valence-electron chi connectivity index (χ1n) is 5.68. The Bertz CT molecular complexity index is 202. The van der Waals surface area contributed by atoms with E-state index in [1.807, 2.05) is 20.8 Å². The van der Waals surface area contributed by atoms with Crippen molar-refractivity contribution in [3.8, 4) is 0 Å². The Morgan fingerprint density at radius 2 is 1.87 bits per heavy atom. The predicted octanol–water partition coefficient (Wildman–Crippen LogP) is 2.35. The Hall–Kier alpha value is -0.570. The first-order chi connectivity index (χ1) is 6.81. The normalized spacial score (nSPS) is 15.5. The zero-order valence-electron chi connectivity index (χ0n) is 10.9. The van der Waals surface area contributed by atoms with Gasteiger partial charge in [-0.2, -0.15) is 0 Å². The van der Waals surface area contributed by atoms with Gasteiger partial charge in [0.1, 0.15) is 5.54 Å². The lowest BCUT2D eigenvalue weighted by atomic mass is 9.91. The van der Waals surface area contributed by atoms with Crippen LogP contribution in [-0.4, -0.2) is 24.7 Å². The van der Waals surface area contributed by atoms with Gasteiger partial charge in [0.15, 0.2) is 0 Å². The Kier molecular flexibility index (Phi) is 5.88. The van der Waals surface area contributed by atoms with Gasteiger partial charge in [0.05, 0.1) is 7.11 Å². The van der Waals surface area contributed by atoms with E-state index in [9.17, 15) is 4.79 Å². The lowest BCUT2D eigenvalue weighted by Gasteiger charge is -2.30. The van der Waals surface area contributed by atoms with Crippen LogP contribution >= 0.6 is 0 Å². The minimum absolute atomic E-state index is 0.170. The highest BCUT2D eigenvalue weighted by Crippen LogP contribution is 2.18. The van der Waals surface area contributed by atoms with E-state index in [4.69, 9.17) is 4.74 Å². The highest BCUT2D eigenvalue weighted by Gasteiger charge is 2.34. The second-order valence-corrected chi connectivity index (χ2v) is 5.06. The van der Waals surface area contributed by atoms with Crippen molar-refractivity contribution in [1.82, 2.24) is 5.32 Å². The van der Waals surface area contributed by atoms with Crippen LogP contribution in [0.25, 0.3) is 0 Å². The van der Waals surface area contributed by atoms with E-state index in [1.54, 1.807) is 0 Å². The average Bonchev–Trinajstić information content (AvgIpc) is 2.12. The van der Waals surface area contributed by atoms with Gasteiger partial charge in [-0.05, 0) is 39.5 Å². The summed E-state index contributed by atoms with van der Waals surface area (Å²) in [4.78, 5) is 11.7. The summed E-state index contributed by atoms with van der Waals surface area (Å²) in [7, 11) is 1.44. The van der Waals surface area contributed by atoms with Crippen LogP contribution in [0.2, 0.25) is 0 Å². The number of esters is 1. The van der Waals surface area contributed by atoms with E-state index in [0.29, 0.717) is 5.92 Å². The molecule has 0 fully saturated rings. The lowest BCUT2D eigenvalue weighted by molar-refractivity contribution is -0.148. The maximum absolute atomic E-state index is 11.7. The smallest absolute Gasteiger partial charge is 0.325 e. The fraction of sp³-hybridized carbons (Fsp3) is 0.917. The SMILES string of the molecule is COC(=O)C(C)(CCC(C)C)NC(C)C.